The zero-order valence-electron chi connectivity index (χ0n) is 13.5. The zero-order chi connectivity index (χ0) is 14.7. The van der Waals surface area contributed by atoms with Gasteiger partial charge in [0.25, 0.3) is 0 Å². The van der Waals surface area contributed by atoms with Crippen LogP contribution in [0, 0.1) is 5.41 Å². The summed E-state index contributed by atoms with van der Waals surface area (Å²) in [4.78, 5) is 0. The average Bonchev–Trinajstić information content (AvgIpc) is 3.01. The van der Waals surface area contributed by atoms with Crippen LogP contribution in [-0.2, 0) is 11.2 Å². The summed E-state index contributed by atoms with van der Waals surface area (Å²) < 4.78 is 6.02. The molecule has 2 aliphatic rings. The van der Waals surface area contributed by atoms with Gasteiger partial charge in [0.05, 0.1) is 6.10 Å². The van der Waals surface area contributed by atoms with Crippen molar-refractivity contribution in [3.05, 3.63) is 29.8 Å². The molecule has 1 N–H and O–H groups in total. The molecule has 2 atom stereocenters. The van der Waals surface area contributed by atoms with Crippen LogP contribution in [0.3, 0.4) is 0 Å². The molecule has 2 aliphatic carbocycles. The number of rotatable bonds is 6. The van der Waals surface area contributed by atoms with Gasteiger partial charge in [0.2, 0.25) is 0 Å². The number of hydrogen-bond acceptors (Lipinski definition) is 2. The highest BCUT2D eigenvalue weighted by Gasteiger charge is 2.56. The molecule has 21 heavy (non-hydrogen) atoms. The maximum atomic E-state index is 6.02. The second-order valence-electron chi connectivity index (χ2n) is 6.72. The van der Waals surface area contributed by atoms with Crippen LogP contribution >= 0.6 is 0 Å². The van der Waals surface area contributed by atoms with Gasteiger partial charge in [-0.15, -0.1) is 0 Å². The van der Waals surface area contributed by atoms with E-state index < -0.39 is 0 Å². The molecule has 0 saturated heterocycles. The van der Waals surface area contributed by atoms with Crippen molar-refractivity contribution < 1.29 is 4.74 Å². The molecular formula is C19H29NO. The van der Waals surface area contributed by atoms with Crippen LogP contribution in [0.4, 0.5) is 5.69 Å². The van der Waals surface area contributed by atoms with E-state index in [4.69, 9.17) is 4.74 Å². The van der Waals surface area contributed by atoms with E-state index in [0.717, 1.165) is 13.0 Å². The third-order valence-corrected chi connectivity index (χ3v) is 5.55. The van der Waals surface area contributed by atoms with E-state index in [1.54, 1.807) is 0 Å². The van der Waals surface area contributed by atoms with Gasteiger partial charge in [-0.2, -0.15) is 0 Å². The Morgan fingerprint density at radius 1 is 1.19 bits per heavy atom. The van der Waals surface area contributed by atoms with Crippen molar-refractivity contribution in [2.24, 2.45) is 5.41 Å². The molecule has 2 nitrogen and oxygen atoms in total. The SMILES string of the molecule is CCCc1ccccc1NC1CC(OCC)C12CCCC2. The molecule has 0 aromatic heterocycles. The maximum absolute atomic E-state index is 6.02. The van der Waals surface area contributed by atoms with E-state index in [0.29, 0.717) is 17.6 Å². The molecule has 3 rings (SSSR count). The molecule has 0 radical (unpaired) electrons. The Hall–Kier alpha value is -1.02. The van der Waals surface area contributed by atoms with E-state index in [1.807, 2.05) is 0 Å². The molecule has 0 aliphatic heterocycles. The Morgan fingerprint density at radius 2 is 1.95 bits per heavy atom. The Balaban J connectivity index is 1.73. The highest BCUT2D eigenvalue weighted by Crippen LogP contribution is 2.55. The molecule has 1 spiro atoms. The first kappa shape index (κ1) is 14.9. The Morgan fingerprint density at radius 3 is 2.67 bits per heavy atom. The predicted octanol–water partition coefficient (Wildman–Crippen LogP) is 4.79. The van der Waals surface area contributed by atoms with Gasteiger partial charge in [0, 0.05) is 23.8 Å². The second-order valence-corrected chi connectivity index (χ2v) is 6.72. The molecule has 2 unspecified atom stereocenters. The maximum Gasteiger partial charge on any atom is 0.0670 e. The third-order valence-electron chi connectivity index (χ3n) is 5.55. The topological polar surface area (TPSA) is 21.3 Å². The normalized spacial score (nSPS) is 26.8. The smallest absolute Gasteiger partial charge is 0.0670 e. The number of benzene rings is 1. The minimum absolute atomic E-state index is 0.412. The number of hydrogen-bond donors (Lipinski definition) is 1. The van der Waals surface area contributed by atoms with E-state index >= 15 is 0 Å². The molecule has 2 fully saturated rings. The Labute approximate surface area is 129 Å². The highest BCUT2D eigenvalue weighted by molar-refractivity contribution is 5.53. The number of para-hydroxylation sites is 1. The molecule has 0 bridgehead atoms. The van der Waals surface area contributed by atoms with E-state index in [1.165, 1.54) is 49.8 Å². The first-order valence-electron chi connectivity index (χ1n) is 8.76. The van der Waals surface area contributed by atoms with Gasteiger partial charge in [-0.05, 0) is 44.2 Å². The summed E-state index contributed by atoms with van der Waals surface area (Å²) in [7, 11) is 0. The van der Waals surface area contributed by atoms with Crippen LogP contribution in [0.2, 0.25) is 0 Å². The number of anilines is 1. The van der Waals surface area contributed by atoms with Crippen LogP contribution in [0.1, 0.15) is 57.9 Å². The fraction of sp³-hybridized carbons (Fsp3) is 0.684. The monoisotopic (exact) mass is 287 g/mol. The zero-order valence-corrected chi connectivity index (χ0v) is 13.5. The summed E-state index contributed by atoms with van der Waals surface area (Å²) in [5.74, 6) is 0. The summed E-state index contributed by atoms with van der Waals surface area (Å²) in [5, 5.41) is 3.87. The molecule has 2 saturated carbocycles. The fourth-order valence-corrected chi connectivity index (χ4v) is 4.43. The molecule has 0 heterocycles. The molecule has 2 heteroatoms. The van der Waals surface area contributed by atoms with Crippen LogP contribution in [0.25, 0.3) is 0 Å². The van der Waals surface area contributed by atoms with Crippen molar-refractivity contribution in [3.63, 3.8) is 0 Å². The predicted molar refractivity (Wildman–Crippen MR) is 88.8 cm³/mol. The Bertz CT molecular complexity index is 464. The van der Waals surface area contributed by atoms with Gasteiger partial charge < -0.3 is 10.1 Å². The van der Waals surface area contributed by atoms with Crippen molar-refractivity contribution in [1.29, 1.82) is 0 Å². The van der Waals surface area contributed by atoms with Crippen LogP contribution < -0.4 is 5.32 Å². The van der Waals surface area contributed by atoms with Gasteiger partial charge in [0.15, 0.2) is 0 Å². The first-order valence-corrected chi connectivity index (χ1v) is 8.76. The number of nitrogens with one attached hydrogen (secondary N) is 1. The highest BCUT2D eigenvalue weighted by atomic mass is 16.5. The number of aryl methyl sites for hydroxylation is 1. The van der Waals surface area contributed by atoms with Crippen molar-refractivity contribution >= 4 is 5.69 Å². The average molecular weight is 287 g/mol. The van der Waals surface area contributed by atoms with Gasteiger partial charge in [0.1, 0.15) is 0 Å². The summed E-state index contributed by atoms with van der Waals surface area (Å²) >= 11 is 0. The van der Waals surface area contributed by atoms with Crippen molar-refractivity contribution in [2.75, 3.05) is 11.9 Å². The van der Waals surface area contributed by atoms with Gasteiger partial charge >= 0.3 is 0 Å². The van der Waals surface area contributed by atoms with Crippen LogP contribution in [0.5, 0.6) is 0 Å². The molecule has 116 valence electrons. The standard InChI is InChI=1S/C19H29NO/c1-3-9-15-10-5-6-11-16(15)20-17-14-18(21-4-2)19(17)12-7-8-13-19/h5-6,10-11,17-18,20H,3-4,7-9,12-14H2,1-2H3. The van der Waals surface area contributed by atoms with Gasteiger partial charge in [-0.1, -0.05) is 44.4 Å². The molecular weight excluding hydrogens is 258 g/mol. The molecule has 1 aromatic carbocycles. The quantitative estimate of drug-likeness (QED) is 0.812. The van der Waals surface area contributed by atoms with E-state index in [9.17, 15) is 0 Å². The summed E-state index contributed by atoms with van der Waals surface area (Å²) in [6, 6.07) is 9.44. The lowest BCUT2D eigenvalue weighted by molar-refractivity contribution is -0.114. The molecule has 0 amide bonds. The summed E-state index contributed by atoms with van der Waals surface area (Å²) in [5.41, 5.74) is 3.23. The minimum Gasteiger partial charge on any atom is -0.381 e. The summed E-state index contributed by atoms with van der Waals surface area (Å²) in [6.07, 6.45) is 9.45. The van der Waals surface area contributed by atoms with Crippen molar-refractivity contribution in [3.8, 4) is 0 Å². The van der Waals surface area contributed by atoms with Crippen molar-refractivity contribution in [1.82, 2.24) is 0 Å². The third kappa shape index (κ3) is 2.70. The lowest BCUT2D eigenvalue weighted by Gasteiger charge is -2.54. The van der Waals surface area contributed by atoms with Gasteiger partial charge in [-0.3, -0.25) is 0 Å². The van der Waals surface area contributed by atoms with Crippen molar-refractivity contribution in [2.45, 2.75) is 70.9 Å². The Kier molecular flexibility index (Phi) is 4.54. The van der Waals surface area contributed by atoms with Crippen LogP contribution in [-0.4, -0.2) is 18.8 Å². The van der Waals surface area contributed by atoms with E-state index in [-0.39, 0.29) is 0 Å². The number of ether oxygens (including phenoxy) is 1. The summed E-state index contributed by atoms with van der Waals surface area (Å²) in [6.45, 7) is 5.23. The fourth-order valence-electron chi connectivity index (χ4n) is 4.43. The van der Waals surface area contributed by atoms with Crippen LogP contribution in [0.15, 0.2) is 24.3 Å². The first-order chi connectivity index (χ1) is 10.3. The lowest BCUT2D eigenvalue weighted by Crippen LogP contribution is -2.60. The largest absolute Gasteiger partial charge is 0.381 e. The van der Waals surface area contributed by atoms with E-state index in [2.05, 4.69) is 43.4 Å². The van der Waals surface area contributed by atoms with Gasteiger partial charge in [-0.25, -0.2) is 0 Å². The second kappa shape index (κ2) is 6.39. The minimum atomic E-state index is 0.412. The lowest BCUT2D eigenvalue weighted by atomic mass is 9.60. The molecule has 1 aromatic rings.